The molecule has 0 fully saturated rings. The summed E-state index contributed by atoms with van der Waals surface area (Å²) in [5.74, 6) is -0.315. The van der Waals surface area contributed by atoms with Crippen LogP contribution in [0.1, 0.15) is 48.0 Å². The highest BCUT2D eigenvalue weighted by Gasteiger charge is 2.23. The molecule has 1 heterocycles. The number of methoxy groups -OCH3 is 1. The maximum absolute atomic E-state index is 11.8. The fourth-order valence-corrected chi connectivity index (χ4v) is 3.23. The zero-order valence-electron chi connectivity index (χ0n) is 15.1. The van der Waals surface area contributed by atoms with Gasteiger partial charge in [-0.15, -0.1) is 0 Å². The van der Waals surface area contributed by atoms with Crippen molar-refractivity contribution >= 4 is 22.6 Å². The van der Waals surface area contributed by atoms with Gasteiger partial charge in [0.2, 0.25) is 0 Å². The summed E-state index contributed by atoms with van der Waals surface area (Å²) in [6, 6.07) is 13.6. The molecule has 0 spiro atoms. The second-order valence-corrected chi connectivity index (χ2v) is 7.40. The highest BCUT2D eigenvalue weighted by atomic mass is 16.5. The number of nitrogens with one attached hydrogen (secondary N) is 1. The van der Waals surface area contributed by atoms with Crippen molar-refractivity contribution in [2.75, 3.05) is 12.8 Å². The molecule has 4 heteroatoms. The average Bonchev–Trinajstić information content (AvgIpc) is 2.92. The van der Waals surface area contributed by atoms with Gasteiger partial charge >= 0.3 is 5.97 Å². The van der Waals surface area contributed by atoms with Gasteiger partial charge in [0.15, 0.2) is 0 Å². The van der Waals surface area contributed by atoms with E-state index in [1.165, 1.54) is 23.8 Å². The summed E-state index contributed by atoms with van der Waals surface area (Å²) < 4.78 is 4.83. The number of H-pyrrole nitrogens is 1. The molecule has 0 unspecified atom stereocenters. The van der Waals surface area contributed by atoms with Gasteiger partial charge in [-0.2, -0.15) is 0 Å². The van der Waals surface area contributed by atoms with Gasteiger partial charge in [-0.05, 0) is 41.8 Å². The number of benzene rings is 2. The van der Waals surface area contributed by atoms with Crippen LogP contribution < -0.4 is 5.73 Å². The third-order valence-electron chi connectivity index (χ3n) is 4.41. The van der Waals surface area contributed by atoms with E-state index in [9.17, 15) is 4.79 Å². The highest BCUT2D eigenvalue weighted by Crippen LogP contribution is 2.33. The molecule has 0 saturated heterocycles. The molecule has 2 aromatic carbocycles. The van der Waals surface area contributed by atoms with E-state index in [0.717, 1.165) is 23.2 Å². The molecule has 3 N–H and O–H groups in total. The van der Waals surface area contributed by atoms with Crippen molar-refractivity contribution in [1.29, 1.82) is 0 Å². The Bertz CT molecular complexity index is 933. The number of anilines is 1. The number of nitrogens with two attached hydrogens (primary N) is 1. The molecule has 0 aliphatic carbocycles. The fourth-order valence-electron chi connectivity index (χ4n) is 3.23. The van der Waals surface area contributed by atoms with E-state index < -0.39 is 0 Å². The molecular formula is C21H24N2O2. The third kappa shape index (κ3) is 3.38. The first kappa shape index (κ1) is 17.1. The second-order valence-electron chi connectivity index (χ2n) is 7.40. The number of carbonyl (C=O) groups excluding carboxylic acids is 1. The molecule has 0 aliphatic heterocycles. The molecule has 0 aliphatic rings. The molecule has 130 valence electrons. The highest BCUT2D eigenvalue weighted by molar-refractivity contribution is 5.90. The zero-order chi connectivity index (χ0) is 18.2. The lowest BCUT2D eigenvalue weighted by Gasteiger charge is -2.19. The molecule has 4 nitrogen and oxygen atoms in total. The average molecular weight is 336 g/mol. The number of ether oxygens (including phenoxy) is 1. The van der Waals surface area contributed by atoms with Crippen LogP contribution in [0.3, 0.4) is 0 Å². The largest absolute Gasteiger partial charge is 0.465 e. The SMILES string of the molecule is COC(=O)c1cccc(Cc2c(C(C)(C)C)[nH]c3cc(N)ccc23)c1. The number of aromatic amines is 1. The number of fused-ring (bicyclic) bond motifs is 1. The van der Waals surface area contributed by atoms with Crippen molar-refractivity contribution in [2.24, 2.45) is 0 Å². The van der Waals surface area contributed by atoms with E-state index in [1.54, 1.807) is 6.07 Å². The van der Waals surface area contributed by atoms with Crippen molar-refractivity contribution in [1.82, 2.24) is 4.98 Å². The number of carbonyl (C=O) groups is 1. The molecule has 0 saturated carbocycles. The van der Waals surface area contributed by atoms with E-state index in [-0.39, 0.29) is 11.4 Å². The summed E-state index contributed by atoms with van der Waals surface area (Å²) in [4.78, 5) is 15.3. The number of hydrogen-bond acceptors (Lipinski definition) is 3. The van der Waals surface area contributed by atoms with Crippen molar-refractivity contribution in [2.45, 2.75) is 32.6 Å². The van der Waals surface area contributed by atoms with Crippen LogP contribution in [0, 0.1) is 0 Å². The maximum Gasteiger partial charge on any atom is 0.337 e. The lowest BCUT2D eigenvalue weighted by atomic mass is 9.86. The molecule has 25 heavy (non-hydrogen) atoms. The predicted octanol–water partition coefficient (Wildman–Crippen LogP) is 4.43. The van der Waals surface area contributed by atoms with E-state index in [0.29, 0.717) is 5.56 Å². The third-order valence-corrected chi connectivity index (χ3v) is 4.41. The van der Waals surface area contributed by atoms with Gasteiger partial charge in [0.05, 0.1) is 12.7 Å². The first-order chi connectivity index (χ1) is 11.8. The summed E-state index contributed by atoms with van der Waals surface area (Å²) >= 11 is 0. The van der Waals surface area contributed by atoms with E-state index in [4.69, 9.17) is 10.5 Å². The summed E-state index contributed by atoms with van der Waals surface area (Å²) in [7, 11) is 1.40. The minimum absolute atomic E-state index is 0.0247. The Kier molecular flexibility index (Phi) is 4.29. The van der Waals surface area contributed by atoms with Crippen LogP contribution in [-0.2, 0) is 16.6 Å². The lowest BCUT2D eigenvalue weighted by molar-refractivity contribution is 0.0600. The number of esters is 1. The van der Waals surface area contributed by atoms with Crippen LogP contribution >= 0.6 is 0 Å². The van der Waals surface area contributed by atoms with Crippen LogP contribution in [-0.4, -0.2) is 18.1 Å². The summed E-state index contributed by atoms with van der Waals surface area (Å²) in [5, 5.41) is 1.17. The number of aromatic nitrogens is 1. The van der Waals surface area contributed by atoms with Crippen LogP contribution in [0.25, 0.3) is 10.9 Å². The first-order valence-electron chi connectivity index (χ1n) is 8.37. The molecular weight excluding hydrogens is 312 g/mol. The van der Waals surface area contributed by atoms with Crippen molar-refractivity contribution in [3.05, 3.63) is 64.8 Å². The number of rotatable bonds is 3. The van der Waals surface area contributed by atoms with Gasteiger partial charge in [-0.25, -0.2) is 4.79 Å². The van der Waals surface area contributed by atoms with E-state index in [2.05, 4.69) is 31.8 Å². The van der Waals surface area contributed by atoms with Crippen LogP contribution in [0.4, 0.5) is 5.69 Å². The Hall–Kier alpha value is -2.75. The Morgan fingerprint density at radius 1 is 1.16 bits per heavy atom. The minimum Gasteiger partial charge on any atom is -0.465 e. The Morgan fingerprint density at radius 3 is 2.60 bits per heavy atom. The van der Waals surface area contributed by atoms with Gasteiger partial charge in [0.1, 0.15) is 0 Å². The number of hydrogen-bond donors (Lipinski definition) is 2. The zero-order valence-corrected chi connectivity index (χ0v) is 15.1. The Labute approximate surface area is 148 Å². The van der Waals surface area contributed by atoms with Crippen molar-refractivity contribution in [3.8, 4) is 0 Å². The molecule has 1 aromatic heterocycles. The molecule has 0 bridgehead atoms. The summed E-state index contributed by atoms with van der Waals surface area (Å²) in [6.07, 6.45) is 0.737. The van der Waals surface area contributed by atoms with E-state index >= 15 is 0 Å². The summed E-state index contributed by atoms with van der Waals surface area (Å²) in [6.45, 7) is 6.57. The topological polar surface area (TPSA) is 68.1 Å². The summed E-state index contributed by atoms with van der Waals surface area (Å²) in [5.41, 5.74) is 11.8. The van der Waals surface area contributed by atoms with Gasteiger partial charge in [-0.1, -0.05) is 39.0 Å². The predicted molar refractivity (Wildman–Crippen MR) is 102 cm³/mol. The van der Waals surface area contributed by atoms with Crippen LogP contribution in [0.5, 0.6) is 0 Å². The van der Waals surface area contributed by atoms with Crippen LogP contribution in [0.2, 0.25) is 0 Å². The monoisotopic (exact) mass is 336 g/mol. The lowest BCUT2D eigenvalue weighted by Crippen LogP contribution is -2.14. The van der Waals surface area contributed by atoms with Crippen molar-refractivity contribution in [3.63, 3.8) is 0 Å². The normalized spacial score (nSPS) is 11.7. The van der Waals surface area contributed by atoms with Gasteiger partial charge in [-0.3, -0.25) is 0 Å². The van der Waals surface area contributed by atoms with Gasteiger partial charge in [0, 0.05) is 27.7 Å². The Balaban J connectivity index is 2.10. The molecule has 3 rings (SSSR count). The van der Waals surface area contributed by atoms with Crippen molar-refractivity contribution < 1.29 is 9.53 Å². The smallest absolute Gasteiger partial charge is 0.337 e. The molecule has 0 amide bonds. The standard InChI is InChI=1S/C21H24N2O2/c1-21(2,3)19-17(16-9-8-15(22)12-18(16)23-19)11-13-6-5-7-14(10-13)20(24)25-4/h5-10,12,23H,11,22H2,1-4H3. The fraction of sp³-hybridized carbons (Fsp3) is 0.286. The van der Waals surface area contributed by atoms with Crippen LogP contribution in [0.15, 0.2) is 42.5 Å². The molecule has 3 aromatic rings. The maximum atomic E-state index is 11.8. The number of nitrogen functional groups attached to an aromatic ring is 1. The molecule has 0 atom stereocenters. The van der Waals surface area contributed by atoms with Gasteiger partial charge in [0.25, 0.3) is 0 Å². The minimum atomic E-state index is -0.315. The second kappa shape index (κ2) is 6.28. The molecule has 0 radical (unpaired) electrons. The first-order valence-corrected chi connectivity index (χ1v) is 8.37. The Morgan fingerprint density at radius 2 is 1.92 bits per heavy atom. The quantitative estimate of drug-likeness (QED) is 0.549. The van der Waals surface area contributed by atoms with Gasteiger partial charge < -0.3 is 15.5 Å². The van der Waals surface area contributed by atoms with E-state index in [1.807, 2.05) is 30.3 Å².